The molecule has 0 aliphatic carbocycles. The van der Waals surface area contributed by atoms with Crippen LogP contribution < -0.4 is 5.73 Å². The average Bonchev–Trinajstić information content (AvgIpc) is 2.46. The van der Waals surface area contributed by atoms with Crippen LogP contribution in [0.3, 0.4) is 0 Å². The molecule has 0 unspecified atom stereocenters. The summed E-state index contributed by atoms with van der Waals surface area (Å²) in [5, 5.41) is 1.16. The Labute approximate surface area is 82.7 Å². The Morgan fingerprint density at radius 3 is 3.08 bits per heavy atom. The van der Waals surface area contributed by atoms with Crippen LogP contribution in [0, 0.1) is 0 Å². The first kappa shape index (κ1) is 8.16. The number of halogens is 1. The van der Waals surface area contributed by atoms with Crippen LogP contribution in [0.5, 0.6) is 0 Å². The Balaban J connectivity index is 2.75. The van der Waals surface area contributed by atoms with Gasteiger partial charge in [-0.15, -0.1) is 0 Å². The fourth-order valence-corrected chi connectivity index (χ4v) is 2.25. The summed E-state index contributed by atoms with van der Waals surface area (Å²) in [5.41, 5.74) is 6.52. The third-order valence-electron chi connectivity index (χ3n) is 1.70. The molecule has 1 aromatic heterocycles. The van der Waals surface area contributed by atoms with Crippen molar-refractivity contribution < 1.29 is 0 Å². The molecule has 0 fully saturated rings. The monoisotopic (exact) mass is 242 g/mol. The van der Waals surface area contributed by atoms with Crippen molar-refractivity contribution in [3.63, 3.8) is 0 Å². The highest BCUT2D eigenvalue weighted by Gasteiger charge is 2.03. The van der Waals surface area contributed by atoms with Crippen molar-refractivity contribution in [1.82, 2.24) is 4.37 Å². The molecule has 0 saturated heterocycles. The molecular weight excluding hydrogens is 236 g/mol. The predicted octanol–water partition coefficient (Wildman–Crippen LogP) is 2.52. The summed E-state index contributed by atoms with van der Waals surface area (Å²) in [5.74, 6) is 0. The van der Waals surface area contributed by atoms with Crippen molar-refractivity contribution in [3.05, 3.63) is 28.4 Å². The molecular formula is C8H7BrN2S. The third-order valence-corrected chi connectivity index (χ3v) is 3.06. The van der Waals surface area contributed by atoms with Crippen molar-refractivity contribution in [2.24, 2.45) is 5.73 Å². The van der Waals surface area contributed by atoms with Crippen LogP contribution in [0.1, 0.15) is 5.69 Å². The second-order valence-electron chi connectivity index (χ2n) is 2.47. The van der Waals surface area contributed by atoms with Crippen LogP contribution in [0.2, 0.25) is 0 Å². The van der Waals surface area contributed by atoms with Gasteiger partial charge in [0.1, 0.15) is 0 Å². The largest absolute Gasteiger partial charge is 0.325 e. The molecule has 4 heteroatoms. The van der Waals surface area contributed by atoms with Crippen LogP contribution in [0.25, 0.3) is 10.1 Å². The number of nitrogens with zero attached hydrogens (tertiary/aromatic N) is 1. The standard InChI is InChI=1S/C8H7BrN2S/c9-5-1-2-8-6(3-5)7(4-10)11-12-8/h1-3H,4,10H2. The summed E-state index contributed by atoms with van der Waals surface area (Å²) in [4.78, 5) is 0. The fourth-order valence-electron chi connectivity index (χ4n) is 1.11. The zero-order valence-corrected chi connectivity index (χ0v) is 8.65. The normalized spacial score (nSPS) is 10.8. The van der Waals surface area contributed by atoms with Crippen LogP contribution >= 0.6 is 27.5 Å². The SMILES string of the molecule is NCc1nsc2ccc(Br)cc12. The van der Waals surface area contributed by atoms with Gasteiger partial charge in [0.25, 0.3) is 0 Å². The highest BCUT2D eigenvalue weighted by molar-refractivity contribution is 9.10. The van der Waals surface area contributed by atoms with Crippen molar-refractivity contribution in [1.29, 1.82) is 0 Å². The molecule has 0 atom stereocenters. The number of aromatic nitrogens is 1. The van der Waals surface area contributed by atoms with E-state index in [1.165, 1.54) is 16.2 Å². The molecule has 0 radical (unpaired) electrons. The number of hydrogen-bond donors (Lipinski definition) is 1. The molecule has 2 aromatic rings. The van der Waals surface area contributed by atoms with Gasteiger partial charge in [0, 0.05) is 16.4 Å². The van der Waals surface area contributed by atoms with Crippen molar-refractivity contribution >= 4 is 37.5 Å². The van der Waals surface area contributed by atoms with Gasteiger partial charge in [-0.1, -0.05) is 15.9 Å². The van der Waals surface area contributed by atoms with Crippen molar-refractivity contribution in [2.75, 3.05) is 0 Å². The van der Waals surface area contributed by atoms with Crippen LogP contribution in [-0.4, -0.2) is 4.37 Å². The van der Waals surface area contributed by atoms with Gasteiger partial charge in [-0.25, -0.2) is 0 Å². The highest BCUT2D eigenvalue weighted by Crippen LogP contribution is 2.25. The average molecular weight is 243 g/mol. The number of fused-ring (bicyclic) bond motifs is 1. The van der Waals surface area contributed by atoms with Gasteiger partial charge in [0.2, 0.25) is 0 Å². The fraction of sp³-hybridized carbons (Fsp3) is 0.125. The Hall–Kier alpha value is -0.450. The lowest BCUT2D eigenvalue weighted by molar-refractivity contribution is 1.04. The van der Waals surface area contributed by atoms with E-state index in [-0.39, 0.29) is 0 Å². The zero-order chi connectivity index (χ0) is 8.55. The lowest BCUT2D eigenvalue weighted by Crippen LogP contribution is -1.95. The summed E-state index contributed by atoms with van der Waals surface area (Å²) < 4.78 is 6.52. The molecule has 1 heterocycles. The lowest BCUT2D eigenvalue weighted by atomic mass is 10.2. The molecule has 2 rings (SSSR count). The summed E-state index contributed by atoms with van der Waals surface area (Å²) in [6, 6.07) is 6.12. The first-order chi connectivity index (χ1) is 5.81. The number of nitrogens with two attached hydrogens (primary N) is 1. The van der Waals surface area contributed by atoms with Crippen LogP contribution in [0.15, 0.2) is 22.7 Å². The Bertz CT molecular complexity index is 410. The smallest absolute Gasteiger partial charge is 0.0756 e. The molecule has 1 aromatic carbocycles. The van der Waals surface area contributed by atoms with E-state index in [1.807, 2.05) is 6.07 Å². The molecule has 12 heavy (non-hydrogen) atoms. The summed E-state index contributed by atoms with van der Waals surface area (Å²) in [7, 11) is 0. The predicted molar refractivity (Wildman–Crippen MR) is 55.2 cm³/mol. The van der Waals surface area contributed by atoms with Gasteiger partial charge in [-0.3, -0.25) is 0 Å². The quantitative estimate of drug-likeness (QED) is 0.835. The molecule has 62 valence electrons. The summed E-state index contributed by atoms with van der Waals surface area (Å²) in [6.45, 7) is 0.510. The second kappa shape index (κ2) is 3.12. The van der Waals surface area contributed by atoms with E-state index in [1.54, 1.807) is 0 Å². The van der Waals surface area contributed by atoms with Crippen molar-refractivity contribution in [3.8, 4) is 0 Å². The molecule has 0 aliphatic heterocycles. The molecule has 0 amide bonds. The number of hydrogen-bond acceptors (Lipinski definition) is 3. The third kappa shape index (κ3) is 1.26. The zero-order valence-electron chi connectivity index (χ0n) is 6.25. The summed E-state index contributed by atoms with van der Waals surface area (Å²) in [6.07, 6.45) is 0. The van der Waals surface area contributed by atoms with E-state index in [2.05, 4.69) is 32.4 Å². The van der Waals surface area contributed by atoms with Gasteiger partial charge in [-0.2, -0.15) is 4.37 Å². The van der Waals surface area contributed by atoms with E-state index >= 15 is 0 Å². The topological polar surface area (TPSA) is 38.9 Å². The summed E-state index contributed by atoms with van der Waals surface area (Å²) >= 11 is 4.91. The highest BCUT2D eigenvalue weighted by atomic mass is 79.9. The number of rotatable bonds is 1. The minimum Gasteiger partial charge on any atom is -0.325 e. The van der Waals surface area contributed by atoms with E-state index < -0.39 is 0 Å². The number of benzene rings is 1. The van der Waals surface area contributed by atoms with Gasteiger partial charge >= 0.3 is 0 Å². The van der Waals surface area contributed by atoms with Crippen LogP contribution in [-0.2, 0) is 6.54 Å². The first-order valence-corrected chi connectivity index (χ1v) is 5.12. The minimum absolute atomic E-state index is 0.510. The van der Waals surface area contributed by atoms with Crippen LogP contribution in [0.4, 0.5) is 0 Å². The molecule has 0 saturated carbocycles. The van der Waals surface area contributed by atoms with Gasteiger partial charge in [0.05, 0.1) is 10.4 Å². The maximum absolute atomic E-state index is 5.54. The molecule has 0 spiro atoms. The van der Waals surface area contributed by atoms with Gasteiger partial charge in [-0.05, 0) is 29.7 Å². The van der Waals surface area contributed by atoms with E-state index in [9.17, 15) is 0 Å². The Kier molecular flexibility index (Phi) is 2.12. The Morgan fingerprint density at radius 1 is 1.50 bits per heavy atom. The second-order valence-corrected chi connectivity index (χ2v) is 4.19. The molecule has 2 N–H and O–H groups in total. The maximum Gasteiger partial charge on any atom is 0.0756 e. The molecule has 2 nitrogen and oxygen atoms in total. The van der Waals surface area contributed by atoms with Gasteiger partial charge in [0.15, 0.2) is 0 Å². The van der Waals surface area contributed by atoms with E-state index in [4.69, 9.17) is 5.73 Å². The lowest BCUT2D eigenvalue weighted by Gasteiger charge is -1.92. The first-order valence-electron chi connectivity index (χ1n) is 3.55. The van der Waals surface area contributed by atoms with Gasteiger partial charge < -0.3 is 5.73 Å². The Morgan fingerprint density at radius 2 is 2.33 bits per heavy atom. The van der Waals surface area contributed by atoms with E-state index in [0.29, 0.717) is 6.54 Å². The minimum atomic E-state index is 0.510. The van der Waals surface area contributed by atoms with E-state index in [0.717, 1.165) is 15.6 Å². The molecule has 0 aliphatic rings. The molecule has 0 bridgehead atoms. The van der Waals surface area contributed by atoms with Crippen molar-refractivity contribution in [2.45, 2.75) is 6.54 Å². The maximum atomic E-state index is 5.54.